The van der Waals surface area contributed by atoms with Crippen LogP contribution in [0.15, 0.2) is 24.4 Å². The van der Waals surface area contributed by atoms with Crippen LogP contribution in [-0.2, 0) is 19.4 Å². The van der Waals surface area contributed by atoms with E-state index in [4.69, 9.17) is 0 Å². The first kappa shape index (κ1) is 15.7. The lowest BCUT2D eigenvalue weighted by Crippen LogP contribution is -2.26. The molecule has 0 radical (unpaired) electrons. The largest absolute Gasteiger partial charge is 0.309 e. The molecule has 0 aliphatic rings. The standard InChI is InChI=1S/C17H26N4/c1-5-14-8-9-15(19-12-14)11-16(18-6-2)17-10-13(4)20-21(17)7-3/h8-10,12,16,18H,5-7,11H2,1-4H3. The van der Waals surface area contributed by atoms with Crippen LogP contribution in [0.25, 0.3) is 0 Å². The minimum absolute atomic E-state index is 0.260. The molecule has 114 valence electrons. The van der Waals surface area contributed by atoms with Crippen molar-refractivity contribution < 1.29 is 0 Å². The first-order valence-corrected chi connectivity index (χ1v) is 7.89. The Hall–Kier alpha value is -1.68. The first-order valence-electron chi connectivity index (χ1n) is 7.89. The third-order valence-electron chi connectivity index (χ3n) is 3.75. The van der Waals surface area contributed by atoms with Gasteiger partial charge in [-0.2, -0.15) is 5.10 Å². The zero-order valence-corrected chi connectivity index (χ0v) is 13.6. The predicted octanol–water partition coefficient (Wildman–Crippen LogP) is 3.06. The van der Waals surface area contributed by atoms with Crippen molar-refractivity contribution in [2.24, 2.45) is 0 Å². The van der Waals surface area contributed by atoms with Crippen molar-refractivity contribution >= 4 is 0 Å². The fourth-order valence-corrected chi connectivity index (χ4v) is 2.62. The molecular formula is C17H26N4. The SMILES string of the molecule is CCNC(Cc1ccc(CC)cn1)c1cc(C)nn1CC. The van der Waals surface area contributed by atoms with Crippen molar-refractivity contribution in [1.82, 2.24) is 20.1 Å². The van der Waals surface area contributed by atoms with E-state index in [9.17, 15) is 0 Å². The molecule has 0 bridgehead atoms. The van der Waals surface area contributed by atoms with Crippen molar-refractivity contribution in [1.29, 1.82) is 0 Å². The van der Waals surface area contributed by atoms with Crippen LogP contribution >= 0.6 is 0 Å². The number of rotatable bonds is 7. The van der Waals surface area contributed by atoms with Crippen LogP contribution in [0.2, 0.25) is 0 Å². The highest BCUT2D eigenvalue weighted by Gasteiger charge is 2.17. The van der Waals surface area contributed by atoms with E-state index in [1.165, 1.54) is 11.3 Å². The van der Waals surface area contributed by atoms with E-state index in [0.717, 1.165) is 37.3 Å². The lowest BCUT2D eigenvalue weighted by atomic mass is 10.1. The molecule has 0 aliphatic heterocycles. The molecule has 0 aromatic carbocycles. The Bertz CT molecular complexity index is 557. The minimum Gasteiger partial charge on any atom is -0.309 e. The minimum atomic E-state index is 0.260. The number of hydrogen-bond donors (Lipinski definition) is 1. The molecule has 1 N–H and O–H groups in total. The summed E-state index contributed by atoms with van der Waals surface area (Å²) < 4.78 is 2.09. The molecule has 2 heterocycles. The van der Waals surface area contributed by atoms with Crippen LogP contribution in [-0.4, -0.2) is 21.3 Å². The van der Waals surface area contributed by atoms with Gasteiger partial charge in [0.25, 0.3) is 0 Å². The summed E-state index contributed by atoms with van der Waals surface area (Å²) in [6.45, 7) is 10.3. The van der Waals surface area contributed by atoms with Gasteiger partial charge in [-0.1, -0.05) is 19.9 Å². The third kappa shape index (κ3) is 3.91. The summed E-state index contributed by atoms with van der Waals surface area (Å²) >= 11 is 0. The topological polar surface area (TPSA) is 42.7 Å². The van der Waals surface area contributed by atoms with Gasteiger partial charge in [0.05, 0.1) is 17.4 Å². The number of aryl methyl sites for hydroxylation is 3. The molecule has 0 fully saturated rings. The van der Waals surface area contributed by atoms with Gasteiger partial charge in [0, 0.05) is 24.9 Å². The number of aromatic nitrogens is 3. The lowest BCUT2D eigenvalue weighted by molar-refractivity contribution is 0.486. The zero-order chi connectivity index (χ0) is 15.2. The molecule has 1 atom stereocenters. The van der Waals surface area contributed by atoms with E-state index in [2.05, 4.69) is 59.1 Å². The second kappa shape index (κ2) is 7.36. The molecule has 2 rings (SSSR count). The van der Waals surface area contributed by atoms with Crippen molar-refractivity contribution in [3.63, 3.8) is 0 Å². The lowest BCUT2D eigenvalue weighted by Gasteiger charge is -2.19. The van der Waals surface area contributed by atoms with Gasteiger partial charge < -0.3 is 5.32 Å². The molecule has 0 saturated carbocycles. The number of likely N-dealkylation sites (N-methyl/N-ethyl adjacent to an activating group) is 1. The van der Waals surface area contributed by atoms with E-state index in [-0.39, 0.29) is 6.04 Å². The molecule has 1 unspecified atom stereocenters. The molecule has 21 heavy (non-hydrogen) atoms. The van der Waals surface area contributed by atoms with Crippen molar-refractivity contribution in [3.05, 3.63) is 47.0 Å². The van der Waals surface area contributed by atoms with Crippen LogP contribution in [0, 0.1) is 6.92 Å². The van der Waals surface area contributed by atoms with Gasteiger partial charge in [-0.15, -0.1) is 0 Å². The van der Waals surface area contributed by atoms with E-state index in [1.54, 1.807) is 0 Å². The van der Waals surface area contributed by atoms with Crippen molar-refractivity contribution in [3.8, 4) is 0 Å². The fraction of sp³-hybridized carbons (Fsp3) is 0.529. The van der Waals surface area contributed by atoms with Crippen molar-refractivity contribution in [2.45, 2.75) is 53.1 Å². The molecule has 2 aromatic heterocycles. The van der Waals surface area contributed by atoms with E-state index in [1.807, 2.05) is 13.1 Å². The van der Waals surface area contributed by atoms with Crippen molar-refractivity contribution in [2.75, 3.05) is 6.54 Å². The van der Waals surface area contributed by atoms with E-state index >= 15 is 0 Å². The van der Waals surface area contributed by atoms with Gasteiger partial charge in [-0.25, -0.2) is 0 Å². The molecule has 4 heteroatoms. The van der Waals surface area contributed by atoms with Gasteiger partial charge in [0.15, 0.2) is 0 Å². The first-order chi connectivity index (χ1) is 10.2. The maximum atomic E-state index is 4.59. The molecule has 2 aromatic rings. The Morgan fingerprint density at radius 3 is 2.62 bits per heavy atom. The van der Waals surface area contributed by atoms with Crippen LogP contribution < -0.4 is 5.32 Å². The molecule has 0 amide bonds. The molecular weight excluding hydrogens is 260 g/mol. The summed E-state index contributed by atoms with van der Waals surface area (Å²) in [6, 6.07) is 6.75. The average molecular weight is 286 g/mol. The van der Waals surface area contributed by atoms with Gasteiger partial charge in [-0.05, 0) is 44.5 Å². The van der Waals surface area contributed by atoms with Gasteiger partial charge in [0.2, 0.25) is 0 Å². The predicted molar refractivity (Wildman–Crippen MR) is 86.4 cm³/mol. The number of pyridine rings is 1. The Morgan fingerprint density at radius 2 is 2.05 bits per heavy atom. The summed E-state index contributed by atoms with van der Waals surface area (Å²) in [7, 11) is 0. The molecule has 0 aliphatic carbocycles. The summed E-state index contributed by atoms with van der Waals surface area (Å²) in [6.07, 6.45) is 3.91. The van der Waals surface area contributed by atoms with Crippen LogP contribution in [0.4, 0.5) is 0 Å². The highest BCUT2D eigenvalue weighted by atomic mass is 15.3. The van der Waals surface area contributed by atoms with Gasteiger partial charge in [-0.3, -0.25) is 9.67 Å². The Morgan fingerprint density at radius 1 is 1.24 bits per heavy atom. The Kier molecular flexibility index (Phi) is 5.51. The third-order valence-corrected chi connectivity index (χ3v) is 3.75. The van der Waals surface area contributed by atoms with E-state index < -0.39 is 0 Å². The normalized spacial score (nSPS) is 12.6. The highest BCUT2D eigenvalue weighted by molar-refractivity contribution is 5.19. The summed E-state index contributed by atoms with van der Waals surface area (Å²) in [4.78, 5) is 4.59. The summed E-state index contributed by atoms with van der Waals surface area (Å²) in [5.41, 5.74) is 4.73. The number of nitrogens with one attached hydrogen (secondary N) is 1. The van der Waals surface area contributed by atoms with Gasteiger partial charge in [0.1, 0.15) is 0 Å². The average Bonchev–Trinajstić information content (AvgIpc) is 2.88. The molecule has 0 saturated heterocycles. The fourth-order valence-electron chi connectivity index (χ4n) is 2.62. The second-order valence-electron chi connectivity index (χ2n) is 5.35. The quantitative estimate of drug-likeness (QED) is 0.850. The molecule has 4 nitrogen and oxygen atoms in total. The smallest absolute Gasteiger partial charge is 0.0597 e. The maximum Gasteiger partial charge on any atom is 0.0597 e. The number of nitrogens with zero attached hydrogens (tertiary/aromatic N) is 3. The Balaban J connectivity index is 2.21. The second-order valence-corrected chi connectivity index (χ2v) is 5.35. The summed E-state index contributed by atoms with van der Waals surface area (Å²) in [5.74, 6) is 0. The Labute approximate surface area is 127 Å². The van der Waals surface area contributed by atoms with Gasteiger partial charge >= 0.3 is 0 Å². The monoisotopic (exact) mass is 286 g/mol. The van der Waals surface area contributed by atoms with Crippen LogP contribution in [0.1, 0.15) is 49.5 Å². The highest BCUT2D eigenvalue weighted by Crippen LogP contribution is 2.19. The molecule has 0 spiro atoms. The summed E-state index contributed by atoms with van der Waals surface area (Å²) in [5, 5.41) is 8.12. The van der Waals surface area contributed by atoms with E-state index in [0.29, 0.717) is 0 Å². The van der Waals surface area contributed by atoms with Crippen LogP contribution in [0.3, 0.4) is 0 Å². The number of hydrogen-bond acceptors (Lipinski definition) is 3. The van der Waals surface area contributed by atoms with Crippen LogP contribution in [0.5, 0.6) is 0 Å². The maximum absolute atomic E-state index is 4.59. The zero-order valence-electron chi connectivity index (χ0n) is 13.6.